The average molecular weight is 387 g/mol. The van der Waals surface area contributed by atoms with Gasteiger partial charge in [-0.05, 0) is 27.2 Å². The second kappa shape index (κ2) is 11.8. The van der Waals surface area contributed by atoms with E-state index in [0.29, 0.717) is 19.8 Å². The van der Waals surface area contributed by atoms with Crippen LogP contribution in [-0.2, 0) is 23.7 Å². The first-order valence-corrected chi connectivity index (χ1v) is 11.2. The molecule has 1 aliphatic rings. The van der Waals surface area contributed by atoms with E-state index >= 15 is 0 Å². The minimum Gasteiger partial charge on any atom is -0.374 e. The summed E-state index contributed by atoms with van der Waals surface area (Å²) in [4.78, 5) is 4.46. The zero-order chi connectivity index (χ0) is 18.6. The van der Waals surface area contributed by atoms with Gasteiger partial charge in [-0.2, -0.15) is 8.42 Å². The zero-order valence-electron chi connectivity index (χ0n) is 14.8. The van der Waals surface area contributed by atoms with E-state index in [1.54, 1.807) is 0 Å². The van der Waals surface area contributed by atoms with E-state index in [0.717, 1.165) is 25.7 Å². The fourth-order valence-electron chi connectivity index (χ4n) is 2.23. The van der Waals surface area contributed by atoms with Crippen LogP contribution in [0.25, 0.3) is 0 Å². The van der Waals surface area contributed by atoms with Gasteiger partial charge in [-0.1, -0.05) is 0 Å². The molecule has 0 aromatic heterocycles. The molecule has 2 N–H and O–H groups in total. The Morgan fingerprint density at radius 3 is 1.83 bits per heavy atom. The molecule has 0 unspecified atom stereocenters. The predicted molar refractivity (Wildman–Crippen MR) is 92.7 cm³/mol. The minimum atomic E-state index is -4.67. The van der Waals surface area contributed by atoms with Gasteiger partial charge in [0, 0.05) is 51.9 Å². The number of hydrogen-bond donors (Lipinski definition) is 2. The van der Waals surface area contributed by atoms with Crippen LogP contribution < -0.4 is 0 Å². The molecule has 0 saturated heterocycles. The topological polar surface area (TPSA) is 109 Å². The molecule has 9 nitrogen and oxygen atoms in total. The van der Waals surface area contributed by atoms with E-state index in [1.807, 2.05) is 20.8 Å². The monoisotopic (exact) mass is 386 g/mol. The van der Waals surface area contributed by atoms with Gasteiger partial charge in [0.2, 0.25) is 0 Å². The number of nitrogens with zero attached hydrogens (tertiary/aromatic N) is 2. The van der Waals surface area contributed by atoms with Crippen molar-refractivity contribution >= 4 is 19.2 Å². The quantitative estimate of drug-likeness (QED) is 0.426. The summed E-state index contributed by atoms with van der Waals surface area (Å²) in [7, 11) is -5.04. The van der Waals surface area contributed by atoms with Crippen molar-refractivity contribution < 1.29 is 30.8 Å². The summed E-state index contributed by atoms with van der Waals surface area (Å²) in [6.45, 7) is 9.93. The molecule has 0 aromatic carbocycles. The Balaban J connectivity index is 0.000000922. The summed E-state index contributed by atoms with van der Waals surface area (Å²) in [5.41, 5.74) is 0. The Morgan fingerprint density at radius 2 is 1.50 bits per heavy atom. The van der Waals surface area contributed by atoms with Gasteiger partial charge >= 0.3 is 19.2 Å². The first-order valence-electron chi connectivity index (χ1n) is 7.90. The molecule has 1 heterocycles. The molecule has 144 valence electrons. The molecule has 1 aliphatic heterocycles. The molecule has 0 fully saturated rings. The lowest BCUT2D eigenvalue weighted by Gasteiger charge is -2.29. The molecule has 0 spiro atoms. The predicted octanol–water partition coefficient (Wildman–Crippen LogP) is 1.45. The highest BCUT2D eigenvalue weighted by Gasteiger charge is 2.39. The Hall–Kier alpha value is -0.693. The van der Waals surface area contributed by atoms with Crippen molar-refractivity contribution in [1.29, 1.82) is 0 Å². The van der Waals surface area contributed by atoms with E-state index in [9.17, 15) is 0 Å². The maximum atomic E-state index is 8.74. The molecule has 0 amide bonds. The first kappa shape index (κ1) is 23.3. The van der Waals surface area contributed by atoms with Crippen molar-refractivity contribution in [2.24, 2.45) is 0 Å². The van der Waals surface area contributed by atoms with E-state index < -0.39 is 19.2 Å². The lowest BCUT2D eigenvalue weighted by atomic mass is 10.4. The molecule has 11 heteroatoms. The molecule has 24 heavy (non-hydrogen) atoms. The Labute approximate surface area is 146 Å². The fraction of sp³-hybridized carbons (Fsp3) is 0.846. The van der Waals surface area contributed by atoms with Gasteiger partial charge in [0.25, 0.3) is 0 Å². The van der Waals surface area contributed by atoms with Crippen molar-refractivity contribution in [2.75, 3.05) is 40.1 Å². The molecular formula is C13H30N2O7SSi. The molecular weight excluding hydrogens is 356 g/mol. The van der Waals surface area contributed by atoms with Crippen LogP contribution in [-0.4, -0.2) is 76.2 Å². The standard InChI is InChI=1S/C13H28N2O3Si.H2O4S/c1-5-16-19(17-6-2,18-7-3)12-8-9-15-11-10-14(4)13-15;1-5(2,3)4/h10-11H,5-9,12-13H2,1-4H3;(H2,1,2,3,4). The van der Waals surface area contributed by atoms with Crippen molar-refractivity contribution in [3.8, 4) is 0 Å². The maximum Gasteiger partial charge on any atom is 0.500 e. The number of rotatable bonds is 10. The van der Waals surface area contributed by atoms with Crippen molar-refractivity contribution in [2.45, 2.75) is 33.2 Å². The van der Waals surface area contributed by atoms with Crippen LogP contribution in [0, 0.1) is 0 Å². The van der Waals surface area contributed by atoms with E-state index in [-0.39, 0.29) is 0 Å². The Kier molecular flexibility index (Phi) is 11.5. The van der Waals surface area contributed by atoms with Crippen LogP contribution in [0.5, 0.6) is 0 Å². The Morgan fingerprint density at radius 1 is 1.04 bits per heavy atom. The molecule has 0 radical (unpaired) electrons. The normalized spacial score (nSPS) is 14.8. The van der Waals surface area contributed by atoms with Gasteiger partial charge in [-0.15, -0.1) is 0 Å². The molecule has 0 bridgehead atoms. The Bertz CT molecular complexity index is 436. The smallest absolute Gasteiger partial charge is 0.374 e. The average Bonchev–Trinajstić information content (AvgIpc) is 2.83. The third-order valence-electron chi connectivity index (χ3n) is 2.96. The summed E-state index contributed by atoms with van der Waals surface area (Å²) in [6, 6.07) is 0.885. The van der Waals surface area contributed by atoms with Crippen LogP contribution >= 0.6 is 0 Å². The van der Waals surface area contributed by atoms with Crippen molar-refractivity contribution in [3.63, 3.8) is 0 Å². The molecule has 0 aliphatic carbocycles. The van der Waals surface area contributed by atoms with Gasteiger partial charge in [0.1, 0.15) is 0 Å². The summed E-state index contributed by atoms with van der Waals surface area (Å²) in [6.07, 6.45) is 5.26. The summed E-state index contributed by atoms with van der Waals surface area (Å²) in [5.74, 6) is 0. The minimum absolute atomic E-state index is 0.651. The number of hydrogen-bond acceptors (Lipinski definition) is 7. The van der Waals surface area contributed by atoms with Crippen LogP contribution in [0.1, 0.15) is 27.2 Å². The molecule has 1 rings (SSSR count). The van der Waals surface area contributed by atoms with E-state index in [4.69, 9.17) is 30.8 Å². The lowest BCUT2D eigenvalue weighted by Crippen LogP contribution is -2.46. The van der Waals surface area contributed by atoms with E-state index in [2.05, 4.69) is 29.2 Å². The third-order valence-corrected chi connectivity index (χ3v) is 6.11. The first-order chi connectivity index (χ1) is 11.2. The van der Waals surface area contributed by atoms with Crippen LogP contribution in [0.3, 0.4) is 0 Å². The van der Waals surface area contributed by atoms with Crippen molar-refractivity contribution in [3.05, 3.63) is 12.4 Å². The fourth-order valence-corrected chi connectivity index (χ4v) is 4.83. The van der Waals surface area contributed by atoms with Gasteiger partial charge in [0.05, 0.1) is 6.67 Å². The molecule has 0 aromatic rings. The second-order valence-electron chi connectivity index (χ2n) is 5.04. The van der Waals surface area contributed by atoms with Crippen LogP contribution in [0.4, 0.5) is 0 Å². The second-order valence-corrected chi connectivity index (χ2v) is 8.67. The molecule has 0 atom stereocenters. The van der Waals surface area contributed by atoms with Gasteiger partial charge < -0.3 is 23.1 Å². The van der Waals surface area contributed by atoms with E-state index in [1.165, 1.54) is 0 Å². The summed E-state index contributed by atoms with van der Waals surface area (Å²) in [5, 5.41) is 0. The molecule has 0 saturated carbocycles. The largest absolute Gasteiger partial charge is 0.500 e. The van der Waals surface area contributed by atoms with Gasteiger partial charge in [0.15, 0.2) is 0 Å². The lowest BCUT2D eigenvalue weighted by molar-refractivity contribution is 0.0702. The zero-order valence-corrected chi connectivity index (χ0v) is 16.7. The summed E-state index contributed by atoms with van der Waals surface area (Å²) >= 11 is 0. The maximum absolute atomic E-state index is 8.74. The van der Waals surface area contributed by atoms with Gasteiger partial charge in [-0.3, -0.25) is 9.11 Å². The van der Waals surface area contributed by atoms with Crippen molar-refractivity contribution in [1.82, 2.24) is 9.80 Å². The highest BCUT2D eigenvalue weighted by atomic mass is 32.3. The highest BCUT2D eigenvalue weighted by molar-refractivity contribution is 7.79. The van der Waals surface area contributed by atoms with Crippen LogP contribution in [0.15, 0.2) is 12.4 Å². The van der Waals surface area contributed by atoms with Crippen LogP contribution in [0.2, 0.25) is 6.04 Å². The SMILES string of the molecule is CCO[Si](CCCN1C=CN(C)C1)(OCC)OCC.O=S(=O)(O)O. The third kappa shape index (κ3) is 11.8. The van der Waals surface area contributed by atoms with Gasteiger partial charge in [-0.25, -0.2) is 0 Å². The highest BCUT2D eigenvalue weighted by Crippen LogP contribution is 2.19. The summed E-state index contributed by atoms with van der Waals surface area (Å²) < 4.78 is 49.1.